The van der Waals surface area contributed by atoms with Gasteiger partial charge in [-0.1, -0.05) is 30.3 Å². The third kappa shape index (κ3) is 5.72. The third-order valence-electron chi connectivity index (χ3n) is 3.21. The molecule has 0 aromatic heterocycles. The van der Waals surface area contributed by atoms with E-state index in [1.165, 1.54) is 12.1 Å². The average molecular weight is 333 g/mol. The van der Waals surface area contributed by atoms with E-state index in [0.29, 0.717) is 13.0 Å². The molecular formula is C16H19N3O3S. The Hall–Kier alpha value is -2.38. The summed E-state index contributed by atoms with van der Waals surface area (Å²) in [5.41, 5.74) is 1.81. The lowest BCUT2D eigenvalue weighted by Gasteiger charge is -2.08. The van der Waals surface area contributed by atoms with E-state index < -0.39 is 10.0 Å². The molecule has 0 aliphatic carbocycles. The molecule has 2 aromatic rings. The van der Waals surface area contributed by atoms with Crippen LogP contribution in [0.4, 0.5) is 5.69 Å². The molecule has 4 N–H and O–H groups in total. The maximum absolute atomic E-state index is 11.7. The Kier molecular flexibility index (Phi) is 5.72. The standard InChI is InChI=1S/C16H19N3O3S/c17-23(21,22)15-8-6-13(7-9-15)10-11-18-16(20)12-19-14-4-2-1-3-5-14/h1-9,19H,10-12H2,(H,18,20)(H2,17,21,22). The summed E-state index contributed by atoms with van der Waals surface area (Å²) in [5, 5.41) is 10.9. The molecule has 0 aliphatic rings. The molecule has 1 amide bonds. The van der Waals surface area contributed by atoms with Gasteiger partial charge in [0.05, 0.1) is 11.4 Å². The fourth-order valence-corrected chi connectivity index (χ4v) is 2.51. The molecule has 23 heavy (non-hydrogen) atoms. The Labute approximate surface area is 135 Å². The first-order valence-electron chi connectivity index (χ1n) is 7.12. The summed E-state index contributed by atoms with van der Waals surface area (Å²) in [6.07, 6.45) is 0.613. The van der Waals surface area contributed by atoms with Crippen molar-refractivity contribution in [3.63, 3.8) is 0 Å². The lowest BCUT2D eigenvalue weighted by atomic mass is 10.1. The lowest BCUT2D eigenvalue weighted by Crippen LogP contribution is -2.31. The normalized spacial score (nSPS) is 11.0. The molecular weight excluding hydrogens is 314 g/mol. The van der Waals surface area contributed by atoms with Crippen molar-refractivity contribution < 1.29 is 13.2 Å². The molecule has 2 rings (SSSR count). The number of carbonyl (C=O) groups is 1. The molecule has 122 valence electrons. The molecule has 0 atom stereocenters. The molecule has 0 bridgehead atoms. The number of anilines is 1. The van der Waals surface area contributed by atoms with E-state index >= 15 is 0 Å². The molecule has 0 saturated carbocycles. The second-order valence-electron chi connectivity index (χ2n) is 5.01. The van der Waals surface area contributed by atoms with Gasteiger partial charge in [-0.25, -0.2) is 13.6 Å². The van der Waals surface area contributed by atoms with Crippen molar-refractivity contribution in [1.29, 1.82) is 0 Å². The Morgan fingerprint density at radius 3 is 2.26 bits per heavy atom. The second kappa shape index (κ2) is 7.75. The highest BCUT2D eigenvalue weighted by Gasteiger charge is 2.06. The minimum atomic E-state index is -3.67. The van der Waals surface area contributed by atoms with Crippen LogP contribution in [0.1, 0.15) is 5.56 Å². The number of hydrogen-bond donors (Lipinski definition) is 3. The van der Waals surface area contributed by atoms with Gasteiger partial charge in [0.2, 0.25) is 15.9 Å². The van der Waals surface area contributed by atoms with Crippen LogP contribution in [0, 0.1) is 0 Å². The van der Waals surface area contributed by atoms with Crippen LogP contribution in [0.2, 0.25) is 0 Å². The van der Waals surface area contributed by atoms with Crippen molar-refractivity contribution in [2.75, 3.05) is 18.4 Å². The number of rotatable bonds is 7. The van der Waals surface area contributed by atoms with E-state index in [1.807, 2.05) is 30.3 Å². The van der Waals surface area contributed by atoms with Gasteiger partial charge in [-0.05, 0) is 36.2 Å². The van der Waals surface area contributed by atoms with E-state index in [2.05, 4.69) is 10.6 Å². The molecule has 2 aromatic carbocycles. The number of sulfonamides is 1. The third-order valence-corrected chi connectivity index (χ3v) is 4.14. The number of amides is 1. The van der Waals surface area contributed by atoms with Crippen LogP contribution in [-0.4, -0.2) is 27.4 Å². The summed E-state index contributed by atoms with van der Waals surface area (Å²) < 4.78 is 22.3. The van der Waals surface area contributed by atoms with Gasteiger partial charge in [-0.3, -0.25) is 4.79 Å². The number of hydrogen-bond acceptors (Lipinski definition) is 4. The zero-order valence-corrected chi connectivity index (χ0v) is 13.3. The van der Waals surface area contributed by atoms with Gasteiger partial charge < -0.3 is 10.6 Å². The topological polar surface area (TPSA) is 101 Å². The van der Waals surface area contributed by atoms with Crippen LogP contribution in [0.25, 0.3) is 0 Å². The lowest BCUT2D eigenvalue weighted by molar-refractivity contribution is -0.119. The first-order chi connectivity index (χ1) is 10.9. The molecule has 0 unspecified atom stereocenters. The summed E-state index contributed by atoms with van der Waals surface area (Å²) in [7, 11) is -3.67. The Balaban J connectivity index is 1.73. The van der Waals surface area contributed by atoms with Gasteiger partial charge in [-0.2, -0.15) is 0 Å². The van der Waals surface area contributed by atoms with Crippen LogP contribution in [0.5, 0.6) is 0 Å². The number of nitrogens with one attached hydrogen (secondary N) is 2. The molecule has 0 radical (unpaired) electrons. The summed E-state index contributed by atoms with van der Waals surface area (Å²) >= 11 is 0. The molecule has 0 saturated heterocycles. The highest BCUT2D eigenvalue weighted by atomic mass is 32.2. The monoisotopic (exact) mass is 333 g/mol. The van der Waals surface area contributed by atoms with Gasteiger partial charge in [0.25, 0.3) is 0 Å². The van der Waals surface area contributed by atoms with Gasteiger partial charge in [0.1, 0.15) is 0 Å². The quantitative estimate of drug-likeness (QED) is 0.706. The van der Waals surface area contributed by atoms with Gasteiger partial charge in [0.15, 0.2) is 0 Å². The number of primary sulfonamides is 1. The molecule has 0 heterocycles. The average Bonchev–Trinajstić information content (AvgIpc) is 2.53. The molecule has 6 nitrogen and oxygen atoms in total. The van der Waals surface area contributed by atoms with Crippen LogP contribution in [0.15, 0.2) is 59.5 Å². The zero-order valence-electron chi connectivity index (χ0n) is 12.5. The largest absolute Gasteiger partial charge is 0.376 e. The Bertz CT molecular complexity index is 744. The van der Waals surface area contributed by atoms with Crippen molar-refractivity contribution in [1.82, 2.24) is 5.32 Å². The van der Waals surface area contributed by atoms with Crippen LogP contribution < -0.4 is 15.8 Å². The van der Waals surface area contributed by atoms with E-state index in [-0.39, 0.29) is 17.3 Å². The fourth-order valence-electron chi connectivity index (χ4n) is 1.99. The van der Waals surface area contributed by atoms with Crippen LogP contribution >= 0.6 is 0 Å². The fraction of sp³-hybridized carbons (Fsp3) is 0.188. The van der Waals surface area contributed by atoms with Crippen molar-refractivity contribution in [2.24, 2.45) is 5.14 Å². The maximum atomic E-state index is 11.7. The van der Waals surface area contributed by atoms with Crippen LogP contribution in [-0.2, 0) is 21.2 Å². The minimum absolute atomic E-state index is 0.0809. The zero-order chi connectivity index (χ0) is 16.7. The number of benzene rings is 2. The maximum Gasteiger partial charge on any atom is 0.239 e. The molecule has 0 aliphatic heterocycles. The van der Waals surface area contributed by atoms with E-state index in [4.69, 9.17) is 5.14 Å². The number of carbonyl (C=O) groups excluding carboxylic acids is 1. The second-order valence-corrected chi connectivity index (χ2v) is 6.57. The SMILES string of the molecule is NS(=O)(=O)c1ccc(CCNC(=O)CNc2ccccc2)cc1. The smallest absolute Gasteiger partial charge is 0.239 e. The molecule has 0 spiro atoms. The highest BCUT2D eigenvalue weighted by Crippen LogP contribution is 2.09. The van der Waals surface area contributed by atoms with Crippen LogP contribution in [0.3, 0.4) is 0 Å². The van der Waals surface area contributed by atoms with E-state index in [0.717, 1.165) is 11.3 Å². The predicted molar refractivity (Wildman–Crippen MR) is 89.5 cm³/mol. The van der Waals surface area contributed by atoms with Crippen molar-refractivity contribution in [3.8, 4) is 0 Å². The first-order valence-corrected chi connectivity index (χ1v) is 8.67. The highest BCUT2D eigenvalue weighted by molar-refractivity contribution is 7.89. The van der Waals surface area contributed by atoms with Gasteiger partial charge in [-0.15, -0.1) is 0 Å². The molecule has 7 heteroatoms. The number of nitrogens with two attached hydrogens (primary N) is 1. The van der Waals surface area contributed by atoms with Crippen molar-refractivity contribution >= 4 is 21.6 Å². The minimum Gasteiger partial charge on any atom is -0.376 e. The summed E-state index contributed by atoms with van der Waals surface area (Å²) in [6, 6.07) is 15.8. The molecule has 0 fully saturated rings. The number of para-hydroxylation sites is 1. The Morgan fingerprint density at radius 2 is 1.65 bits per heavy atom. The van der Waals surface area contributed by atoms with E-state index in [9.17, 15) is 13.2 Å². The first kappa shape index (κ1) is 17.0. The van der Waals surface area contributed by atoms with Crippen molar-refractivity contribution in [2.45, 2.75) is 11.3 Å². The summed E-state index contributed by atoms with van der Waals surface area (Å²) in [5.74, 6) is -0.102. The Morgan fingerprint density at radius 1 is 1.00 bits per heavy atom. The van der Waals surface area contributed by atoms with Gasteiger partial charge in [0, 0.05) is 12.2 Å². The summed E-state index contributed by atoms with van der Waals surface area (Å²) in [6.45, 7) is 0.679. The van der Waals surface area contributed by atoms with Gasteiger partial charge >= 0.3 is 0 Å². The predicted octanol–water partition coefficient (Wildman–Crippen LogP) is 1.10. The van der Waals surface area contributed by atoms with E-state index in [1.54, 1.807) is 12.1 Å². The van der Waals surface area contributed by atoms with Crippen molar-refractivity contribution in [3.05, 3.63) is 60.2 Å². The summed E-state index contributed by atoms with van der Waals surface area (Å²) in [4.78, 5) is 11.8.